The van der Waals surface area contributed by atoms with Crippen molar-refractivity contribution < 1.29 is 24.3 Å². The lowest BCUT2D eigenvalue weighted by Gasteiger charge is -2.39. The van der Waals surface area contributed by atoms with Gasteiger partial charge in [0.1, 0.15) is 18.1 Å². The largest absolute Gasteiger partial charge is 0.480 e. The highest BCUT2D eigenvalue weighted by atomic mass is 16.4. The van der Waals surface area contributed by atoms with Crippen molar-refractivity contribution in [2.24, 2.45) is 11.8 Å². The summed E-state index contributed by atoms with van der Waals surface area (Å²) in [5.41, 5.74) is 2.65. The number of rotatable bonds is 8. The van der Waals surface area contributed by atoms with E-state index in [9.17, 15) is 24.3 Å². The van der Waals surface area contributed by atoms with Gasteiger partial charge in [0, 0.05) is 23.5 Å². The Kier molecular flexibility index (Phi) is 7.70. The summed E-state index contributed by atoms with van der Waals surface area (Å²) in [6.07, 6.45) is 1.80. The second-order valence-electron chi connectivity index (χ2n) is 10.2. The molecular formula is C28H33N5O5. The van der Waals surface area contributed by atoms with Gasteiger partial charge in [-0.05, 0) is 35.6 Å². The molecule has 1 aliphatic rings. The Morgan fingerprint density at radius 2 is 1.68 bits per heavy atom. The normalized spacial score (nSPS) is 16.6. The van der Waals surface area contributed by atoms with Gasteiger partial charge in [-0.2, -0.15) is 0 Å². The van der Waals surface area contributed by atoms with Crippen molar-refractivity contribution in [2.45, 2.75) is 52.2 Å². The Labute approximate surface area is 220 Å². The first-order valence-corrected chi connectivity index (χ1v) is 12.7. The second kappa shape index (κ2) is 11.0. The quantitative estimate of drug-likeness (QED) is 0.309. The van der Waals surface area contributed by atoms with Crippen LogP contribution in [-0.2, 0) is 20.8 Å². The number of aliphatic carboxylic acids is 1. The average Bonchev–Trinajstić information content (AvgIpc) is 3.28. The number of nitrogens with one attached hydrogen (secondary N) is 4. The minimum Gasteiger partial charge on any atom is -0.480 e. The number of carboxylic acids is 1. The van der Waals surface area contributed by atoms with Gasteiger partial charge in [0.25, 0.3) is 0 Å². The number of carbonyl (C=O) groups is 4. The van der Waals surface area contributed by atoms with E-state index in [2.05, 4.69) is 20.9 Å². The van der Waals surface area contributed by atoms with Gasteiger partial charge >= 0.3 is 12.0 Å². The highest BCUT2D eigenvalue weighted by Gasteiger charge is 2.40. The first kappa shape index (κ1) is 26.7. The number of nitrogens with zero attached hydrogens (tertiary/aromatic N) is 1. The molecule has 1 aromatic heterocycles. The zero-order chi connectivity index (χ0) is 27.6. The number of urea groups is 1. The van der Waals surface area contributed by atoms with E-state index in [0.29, 0.717) is 11.4 Å². The van der Waals surface area contributed by atoms with E-state index < -0.39 is 36.0 Å². The number of aromatic amines is 1. The number of amides is 4. The number of H-pyrrole nitrogens is 1. The molecule has 10 heteroatoms. The number of benzene rings is 2. The summed E-state index contributed by atoms with van der Waals surface area (Å²) in [6, 6.07) is 10.9. The van der Waals surface area contributed by atoms with Crippen molar-refractivity contribution in [3.8, 4) is 0 Å². The summed E-state index contributed by atoms with van der Waals surface area (Å²) in [6.45, 7) is 7.20. The zero-order valence-corrected chi connectivity index (χ0v) is 21.8. The maximum atomic E-state index is 13.6. The Morgan fingerprint density at radius 3 is 2.37 bits per heavy atom. The standard InChI is InChI=1S/C28H33N5O5/c1-15(2)23(25(34)31-21(27(36)37)13-17-14-29-19-10-6-5-9-18(17)19)32-28(38)33-22-12-8-7-11-20(22)30-26(35)24(33)16(3)4/h5-12,14-16,21,23-24,29H,13H2,1-4H3,(H,30,35)(H,31,34)(H,32,38)(H,36,37)/t21-,23-,24+/m0/s1. The van der Waals surface area contributed by atoms with Crippen LogP contribution >= 0.6 is 0 Å². The maximum Gasteiger partial charge on any atom is 0.326 e. The van der Waals surface area contributed by atoms with E-state index in [1.165, 1.54) is 4.90 Å². The third-order valence-corrected chi connectivity index (χ3v) is 6.76. The van der Waals surface area contributed by atoms with Crippen molar-refractivity contribution in [3.63, 3.8) is 0 Å². The topological polar surface area (TPSA) is 144 Å². The number of fused-ring (bicyclic) bond motifs is 2. The summed E-state index contributed by atoms with van der Waals surface area (Å²) in [4.78, 5) is 56.4. The molecule has 200 valence electrons. The number of anilines is 2. The minimum atomic E-state index is -1.20. The molecule has 0 bridgehead atoms. The summed E-state index contributed by atoms with van der Waals surface area (Å²) in [7, 11) is 0. The van der Waals surface area contributed by atoms with Crippen molar-refractivity contribution in [2.75, 3.05) is 10.2 Å². The van der Waals surface area contributed by atoms with Crippen molar-refractivity contribution in [1.29, 1.82) is 0 Å². The minimum absolute atomic E-state index is 0.0684. The summed E-state index contributed by atoms with van der Waals surface area (Å²) >= 11 is 0. The number of hydrogen-bond donors (Lipinski definition) is 5. The van der Waals surface area contributed by atoms with Gasteiger partial charge in [0.2, 0.25) is 11.8 Å². The van der Waals surface area contributed by atoms with Crippen LogP contribution < -0.4 is 20.9 Å². The Morgan fingerprint density at radius 1 is 1.00 bits per heavy atom. The van der Waals surface area contributed by atoms with Crippen LogP contribution in [0.25, 0.3) is 10.9 Å². The Hall–Kier alpha value is -4.34. The predicted octanol–water partition coefficient (Wildman–Crippen LogP) is 3.50. The molecule has 0 saturated carbocycles. The summed E-state index contributed by atoms with van der Waals surface area (Å²) < 4.78 is 0. The molecule has 2 heterocycles. The van der Waals surface area contributed by atoms with Crippen molar-refractivity contribution in [1.82, 2.24) is 15.6 Å². The molecule has 0 radical (unpaired) electrons. The lowest BCUT2D eigenvalue weighted by molar-refractivity contribution is -0.142. The fraction of sp³-hybridized carbons (Fsp3) is 0.357. The molecule has 3 atom stereocenters. The van der Waals surface area contributed by atoms with E-state index in [-0.39, 0.29) is 24.2 Å². The van der Waals surface area contributed by atoms with Gasteiger partial charge in [-0.3, -0.25) is 14.5 Å². The SMILES string of the molecule is CC(C)[C@H](NC(=O)N1c2ccccc2NC(=O)[C@H]1C(C)C)C(=O)N[C@@H](Cc1c[nH]c2ccccc12)C(=O)O. The smallest absolute Gasteiger partial charge is 0.326 e. The van der Waals surface area contributed by atoms with E-state index >= 15 is 0 Å². The van der Waals surface area contributed by atoms with Crippen LogP contribution in [0.5, 0.6) is 0 Å². The van der Waals surface area contributed by atoms with E-state index in [4.69, 9.17) is 0 Å². The first-order valence-electron chi connectivity index (χ1n) is 12.7. The molecule has 1 aliphatic heterocycles. The molecule has 38 heavy (non-hydrogen) atoms. The highest BCUT2D eigenvalue weighted by molar-refractivity contribution is 6.12. The van der Waals surface area contributed by atoms with Gasteiger partial charge in [-0.1, -0.05) is 58.0 Å². The fourth-order valence-electron chi connectivity index (χ4n) is 4.82. The molecule has 0 aliphatic carbocycles. The van der Waals surface area contributed by atoms with Gasteiger partial charge in [0.05, 0.1) is 11.4 Å². The Balaban J connectivity index is 1.55. The van der Waals surface area contributed by atoms with Crippen molar-refractivity contribution in [3.05, 3.63) is 60.3 Å². The van der Waals surface area contributed by atoms with E-state index in [0.717, 1.165) is 16.5 Å². The molecule has 0 unspecified atom stereocenters. The molecule has 0 fully saturated rings. The lowest BCUT2D eigenvalue weighted by Crippen LogP contribution is -2.61. The van der Waals surface area contributed by atoms with Gasteiger partial charge in [0.15, 0.2) is 0 Å². The average molecular weight is 520 g/mol. The molecule has 4 rings (SSSR count). The van der Waals surface area contributed by atoms with Crippen molar-refractivity contribution >= 4 is 46.1 Å². The maximum absolute atomic E-state index is 13.6. The van der Waals surface area contributed by atoms with Crippen LogP contribution in [0.1, 0.15) is 33.3 Å². The number of aromatic nitrogens is 1. The number of para-hydroxylation sites is 3. The van der Waals surface area contributed by atoms with Crippen LogP contribution in [0.2, 0.25) is 0 Å². The molecule has 10 nitrogen and oxygen atoms in total. The highest BCUT2D eigenvalue weighted by Crippen LogP contribution is 2.34. The first-order chi connectivity index (χ1) is 18.1. The van der Waals surface area contributed by atoms with Crippen LogP contribution in [0.4, 0.5) is 16.2 Å². The van der Waals surface area contributed by atoms with Gasteiger partial charge in [-0.25, -0.2) is 9.59 Å². The third-order valence-electron chi connectivity index (χ3n) is 6.76. The van der Waals surface area contributed by atoms with E-state index in [1.54, 1.807) is 44.3 Å². The fourth-order valence-corrected chi connectivity index (χ4v) is 4.82. The molecule has 3 aromatic rings. The molecular weight excluding hydrogens is 486 g/mol. The zero-order valence-electron chi connectivity index (χ0n) is 21.8. The third kappa shape index (κ3) is 5.34. The number of carboxylic acid groups (broad SMARTS) is 1. The van der Waals surface area contributed by atoms with Crippen LogP contribution in [0, 0.1) is 11.8 Å². The number of carbonyl (C=O) groups excluding carboxylic acids is 3. The Bertz CT molecular complexity index is 1360. The summed E-state index contributed by atoms with van der Waals surface area (Å²) in [5.74, 6) is -2.67. The second-order valence-corrected chi connectivity index (χ2v) is 10.2. The predicted molar refractivity (Wildman–Crippen MR) is 145 cm³/mol. The van der Waals surface area contributed by atoms with Gasteiger partial charge in [-0.15, -0.1) is 0 Å². The van der Waals surface area contributed by atoms with Gasteiger partial charge < -0.3 is 26.0 Å². The monoisotopic (exact) mass is 519 g/mol. The van der Waals surface area contributed by atoms with Crippen LogP contribution in [-0.4, -0.2) is 52.0 Å². The lowest BCUT2D eigenvalue weighted by atomic mass is 9.97. The molecule has 2 aromatic carbocycles. The number of hydrogen-bond acceptors (Lipinski definition) is 4. The molecule has 5 N–H and O–H groups in total. The molecule has 0 spiro atoms. The van der Waals surface area contributed by atoms with Crippen LogP contribution in [0.15, 0.2) is 54.7 Å². The molecule has 0 saturated heterocycles. The molecule has 4 amide bonds. The van der Waals surface area contributed by atoms with Crippen LogP contribution in [0.3, 0.4) is 0 Å². The van der Waals surface area contributed by atoms with E-state index in [1.807, 2.05) is 38.1 Å². The summed E-state index contributed by atoms with van der Waals surface area (Å²) in [5, 5.41) is 19.0.